The average Bonchev–Trinajstić information content (AvgIpc) is 3.10. The van der Waals surface area contributed by atoms with Gasteiger partial charge in [0, 0.05) is 28.7 Å². The molecule has 1 aliphatic heterocycles. The zero-order valence-electron chi connectivity index (χ0n) is 17.1. The van der Waals surface area contributed by atoms with Crippen LogP contribution in [-0.2, 0) is 12.0 Å². The van der Waals surface area contributed by atoms with Gasteiger partial charge in [-0.3, -0.25) is 0 Å². The van der Waals surface area contributed by atoms with Crippen LogP contribution in [0.1, 0.15) is 69.0 Å². The maximum absolute atomic E-state index is 3.98. The number of aromatic amines is 1. The van der Waals surface area contributed by atoms with Crippen molar-refractivity contribution in [2.45, 2.75) is 75.3 Å². The van der Waals surface area contributed by atoms with E-state index >= 15 is 0 Å². The van der Waals surface area contributed by atoms with Gasteiger partial charge in [-0.2, -0.15) is 0 Å². The summed E-state index contributed by atoms with van der Waals surface area (Å²) in [5.74, 6) is 0.893. The predicted octanol–water partition coefficient (Wildman–Crippen LogP) is 4.96. The number of benzene rings is 1. The largest absolute Gasteiger partial charge is 0.357 e. The third-order valence-corrected chi connectivity index (χ3v) is 8.36. The van der Waals surface area contributed by atoms with Crippen molar-refractivity contribution < 1.29 is 0 Å². The van der Waals surface area contributed by atoms with E-state index in [1.165, 1.54) is 74.4 Å². The number of aromatic nitrogens is 1. The second-order valence-electron chi connectivity index (χ2n) is 9.62. The lowest BCUT2D eigenvalue weighted by Crippen LogP contribution is -2.59. The Bertz CT molecular complexity index is 804. The minimum atomic E-state index is 0.167. The summed E-state index contributed by atoms with van der Waals surface area (Å²) in [5, 5.41) is 5.43. The fraction of sp³-hybridized carbons (Fsp3) is 0.667. The normalized spacial score (nSPS) is 32.3. The molecule has 2 aliphatic carbocycles. The molecule has 2 fully saturated rings. The standard InChI is InChI=1S/C24H35N3/c1-27(2)24(18-8-4-3-5-9-18)15-13-23(14-16-24)22-20(12-17-25-23)19-10-6-7-11-21(19)26-22/h6-7,10-11,18,25-26H,3-5,8-9,12-17H2,1-2H3. The van der Waals surface area contributed by atoms with E-state index in [9.17, 15) is 0 Å². The van der Waals surface area contributed by atoms with Gasteiger partial charge in [0.2, 0.25) is 0 Å². The van der Waals surface area contributed by atoms with Gasteiger partial charge < -0.3 is 15.2 Å². The van der Waals surface area contributed by atoms with Crippen molar-refractivity contribution in [3.05, 3.63) is 35.5 Å². The molecule has 146 valence electrons. The summed E-state index contributed by atoms with van der Waals surface area (Å²) in [6.07, 6.45) is 13.5. The molecular weight excluding hydrogens is 330 g/mol. The molecule has 3 nitrogen and oxygen atoms in total. The van der Waals surface area contributed by atoms with Crippen molar-refractivity contribution in [2.75, 3.05) is 20.6 Å². The summed E-state index contributed by atoms with van der Waals surface area (Å²) in [6, 6.07) is 8.90. The Kier molecular flexibility index (Phi) is 4.36. The van der Waals surface area contributed by atoms with Crippen molar-refractivity contribution in [2.24, 2.45) is 5.92 Å². The van der Waals surface area contributed by atoms with E-state index in [0.29, 0.717) is 5.54 Å². The van der Waals surface area contributed by atoms with E-state index in [0.717, 1.165) is 18.9 Å². The van der Waals surface area contributed by atoms with E-state index in [1.54, 1.807) is 5.56 Å². The van der Waals surface area contributed by atoms with E-state index < -0.39 is 0 Å². The first kappa shape index (κ1) is 17.8. The van der Waals surface area contributed by atoms with Gasteiger partial charge in [0.05, 0.1) is 5.54 Å². The maximum Gasteiger partial charge on any atom is 0.0591 e. The van der Waals surface area contributed by atoms with Gasteiger partial charge in [-0.05, 0) is 76.6 Å². The summed E-state index contributed by atoms with van der Waals surface area (Å²) in [4.78, 5) is 6.44. The monoisotopic (exact) mass is 365 g/mol. The molecule has 3 heteroatoms. The summed E-state index contributed by atoms with van der Waals surface area (Å²) >= 11 is 0. The molecule has 2 saturated carbocycles. The fourth-order valence-electron chi connectivity index (χ4n) is 6.78. The molecular formula is C24H35N3. The van der Waals surface area contributed by atoms with E-state index in [-0.39, 0.29) is 5.54 Å². The average molecular weight is 366 g/mol. The second-order valence-corrected chi connectivity index (χ2v) is 9.62. The molecule has 1 aromatic heterocycles. The third-order valence-electron chi connectivity index (χ3n) is 8.36. The molecule has 2 heterocycles. The summed E-state index contributed by atoms with van der Waals surface area (Å²) < 4.78 is 0. The highest BCUT2D eigenvalue weighted by Gasteiger charge is 2.50. The molecule has 0 atom stereocenters. The zero-order chi connectivity index (χ0) is 18.5. The van der Waals surface area contributed by atoms with Crippen molar-refractivity contribution in [3.63, 3.8) is 0 Å². The minimum absolute atomic E-state index is 0.167. The Morgan fingerprint density at radius 1 is 0.963 bits per heavy atom. The molecule has 0 unspecified atom stereocenters. The smallest absolute Gasteiger partial charge is 0.0591 e. The van der Waals surface area contributed by atoms with Crippen molar-refractivity contribution >= 4 is 10.9 Å². The van der Waals surface area contributed by atoms with E-state index in [1.807, 2.05) is 0 Å². The molecule has 1 aromatic carbocycles. The summed E-state index contributed by atoms with van der Waals surface area (Å²) in [6.45, 7) is 1.12. The Balaban J connectivity index is 1.47. The molecule has 27 heavy (non-hydrogen) atoms. The first-order chi connectivity index (χ1) is 13.1. The van der Waals surface area contributed by atoms with Crippen LogP contribution in [0.3, 0.4) is 0 Å². The lowest BCUT2D eigenvalue weighted by Gasteiger charge is -2.55. The van der Waals surface area contributed by atoms with E-state index in [4.69, 9.17) is 0 Å². The molecule has 0 saturated heterocycles. The quantitative estimate of drug-likeness (QED) is 0.788. The Hall–Kier alpha value is -1.32. The van der Waals surface area contributed by atoms with Gasteiger partial charge in [0.25, 0.3) is 0 Å². The van der Waals surface area contributed by atoms with Gasteiger partial charge in [-0.1, -0.05) is 37.5 Å². The highest BCUT2D eigenvalue weighted by Crippen LogP contribution is 2.51. The number of rotatable bonds is 2. The van der Waals surface area contributed by atoms with Crippen LogP contribution >= 0.6 is 0 Å². The molecule has 0 amide bonds. The predicted molar refractivity (Wildman–Crippen MR) is 113 cm³/mol. The number of H-pyrrole nitrogens is 1. The number of nitrogens with one attached hydrogen (secondary N) is 2. The number of fused-ring (bicyclic) bond motifs is 4. The van der Waals surface area contributed by atoms with Crippen LogP contribution < -0.4 is 5.32 Å². The molecule has 2 aromatic rings. The van der Waals surface area contributed by atoms with Crippen LogP contribution in [0, 0.1) is 5.92 Å². The summed E-state index contributed by atoms with van der Waals surface area (Å²) in [5.41, 5.74) is 4.99. The lowest BCUT2D eigenvalue weighted by molar-refractivity contribution is -0.00911. The number of para-hydroxylation sites is 1. The number of nitrogens with zero attached hydrogens (tertiary/aromatic N) is 1. The van der Waals surface area contributed by atoms with Crippen LogP contribution in [0.4, 0.5) is 0 Å². The van der Waals surface area contributed by atoms with Gasteiger partial charge in [-0.25, -0.2) is 0 Å². The lowest BCUT2D eigenvalue weighted by atomic mass is 9.61. The second kappa shape index (κ2) is 6.63. The Morgan fingerprint density at radius 3 is 2.44 bits per heavy atom. The first-order valence-electron chi connectivity index (χ1n) is 11.2. The van der Waals surface area contributed by atoms with Gasteiger partial charge in [0.15, 0.2) is 0 Å². The Labute approximate surface area is 163 Å². The van der Waals surface area contributed by atoms with Gasteiger partial charge in [-0.15, -0.1) is 0 Å². The van der Waals surface area contributed by atoms with E-state index in [2.05, 4.69) is 53.6 Å². The highest BCUT2D eigenvalue weighted by atomic mass is 15.2. The number of hydrogen-bond donors (Lipinski definition) is 2. The third kappa shape index (κ3) is 2.69. The van der Waals surface area contributed by atoms with Crippen molar-refractivity contribution in [1.29, 1.82) is 0 Å². The highest BCUT2D eigenvalue weighted by molar-refractivity contribution is 5.85. The van der Waals surface area contributed by atoms with Crippen LogP contribution in [0.25, 0.3) is 10.9 Å². The molecule has 1 spiro atoms. The molecule has 3 aliphatic rings. The Morgan fingerprint density at radius 2 is 1.70 bits per heavy atom. The fourth-order valence-corrected chi connectivity index (χ4v) is 6.78. The topological polar surface area (TPSA) is 31.1 Å². The summed E-state index contributed by atoms with van der Waals surface area (Å²) in [7, 11) is 4.69. The first-order valence-corrected chi connectivity index (χ1v) is 11.2. The maximum atomic E-state index is 3.98. The van der Waals surface area contributed by atoms with Crippen LogP contribution in [0.15, 0.2) is 24.3 Å². The van der Waals surface area contributed by atoms with Crippen LogP contribution in [-0.4, -0.2) is 36.1 Å². The van der Waals surface area contributed by atoms with Crippen molar-refractivity contribution in [1.82, 2.24) is 15.2 Å². The molecule has 0 bridgehead atoms. The van der Waals surface area contributed by atoms with Gasteiger partial charge in [0.1, 0.15) is 0 Å². The number of hydrogen-bond acceptors (Lipinski definition) is 2. The van der Waals surface area contributed by atoms with Gasteiger partial charge >= 0.3 is 0 Å². The molecule has 0 radical (unpaired) electrons. The van der Waals surface area contributed by atoms with Crippen molar-refractivity contribution in [3.8, 4) is 0 Å². The minimum Gasteiger partial charge on any atom is -0.357 e. The molecule has 2 N–H and O–H groups in total. The zero-order valence-corrected chi connectivity index (χ0v) is 17.1. The SMILES string of the molecule is CN(C)C1(C2CCCCC2)CCC2(CC1)NCCc1c2[nH]c2ccccc12. The van der Waals surface area contributed by atoms with Crippen LogP contribution in [0.5, 0.6) is 0 Å². The van der Waals surface area contributed by atoms with Crippen LogP contribution in [0.2, 0.25) is 0 Å². The molecule has 5 rings (SSSR count).